The van der Waals surface area contributed by atoms with E-state index in [1.807, 2.05) is 6.07 Å². The van der Waals surface area contributed by atoms with Crippen molar-refractivity contribution < 1.29 is 4.42 Å². The summed E-state index contributed by atoms with van der Waals surface area (Å²) in [6.07, 6.45) is 0. The van der Waals surface area contributed by atoms with Gasteiger partial charge < -0.3 is 9.32 Å². The molecule has 0 atom stereocenters. The van der Waals surface area contributed by atoms with E-state index in [4.69, 9.17) is 4.42 Å². The van der Waals surface area contributed by atoms with Crippen molar-refractivity contribution in [2.24, 2.45) is 0 Å². The number of rotatable bonds is 8. The summed E-state index contributed by atoms with van der Waals surface area (Å²) in [6.45, 7) is 4.71. The van der Waals surface area contributed by atoms with Gasteiger partial charge in [0.25, 0.3) is 0 Å². The second-order valence-electron chi connectivity index (χ2n) is 20.0. The average Bonchev–Trinajstić information content (AvgIpc) is 4.05. The van der Waals surface area contributed by atoms with E-state index in [2.05, 4.69) is 274 Å². The van der Waals surface area contributed by atoms with Crippen LogP contribution in [0.1, 0.15) is 47.2 Å². The fourth-order valence-corrected chi connectivity index (χ4v) is 12.4. The van der Waals surface area contributed by atoms with Crippen LogP contribution in [-0.2, 0) is 10.8 Å². The Morgan fingerprint density at radius 1 is 0.306 bits per heavy atom. The van der Waals surface area contributed by atoms with Crippen LogP contribution in [0.5, 0.6) is 0 Å². The van der Waals surface area contributed by atoms with Crippen molar-refractivity contribution in [1.29, 1.82) is 0 Å². The van der Waals surface area contributed by atoms with Gasteiger partial charge in [-0.1, -0.05) is 226 Å². The van der Waals surface area contributed by atoms with Gasteiger partial charge in [0.05, 0.1) is 5.41 Å². The zero-order valence-corrected chi connectivity index (χ0v) is 40.2. The van der Waals surface area contributed by atoms with Gasteiger partial charge >= 0.3 is 0 Å². The number of hydrogen-bond acceptors (Lipinski definition) is 2. The van der Waals surface area contributed by atoms with Crippen LogP contribution in [-0.4, -0.2) is 0 Å². The highest BCUT2D eigenvalue weighted by atomic mass is 16.3. The van der Waals surface area contributed by atoms with E-state index in [1.54, 1.807) is 0 Å². The lowest BCUT2D eigenvalue weighted by molar-refractivity contribution is 0.660. The maximum atomic E-state index is 6.57. The average molecular weight is 920 g/mol. The lowest BCUT2D eigenvalue weighted by atomic mass is 9.67. The predicted octanol–water partition coefficient (Wildman–Crippen LogP) is 18.7. The van der Waals surface area contributed by atoms with Gasteiger partial charge in [-0.15, -0.1) is 0 Å². The standard InChI is InChI=1S/C70H49NO/c1-69(2)63-31-12-9-26-57(63)59-40-39-55(45-66(59)69)71(54-25-16-19-50(43-54)56-29-17-30-61-60-28-11-14-33-67(60)72-68(56)61)53-24-15-18-48(42-53)46-34-36-47(37-35-46)49-38-41-65-62(44-49)58-27-10-13-32-64(58)70(65,51-20-5-3-6-21-51)52-22-7-4-8-23-52/h3-45H,1-2H3. The summed E-state index contributed by atoms with van der Waals surface area (Å²) in [5, 5.41) is 2.25. The first-order valence-electron chi connectivity index (χ1n) is 25.1. The van der Waals surface area contributed by atoms with Gasteiger partial charge in [-0.25, -0.2) is 0 Å². The Morgan fingerprint density at radius 3 is 1.53 bits per heavy atom. The molecule has 0 spiro atoms. The summed E-state index contributed by atoms with van der Waals surface area (Å²) in [4.78, 5) is 2.42. The highest BCUT2D eigenvalue weighted by Crippen LogP contribution is 2.57. The van der Waals surface area contributed by atoms with Crippen LogP contribution in [0.25, 0.3) is 77.6 Å². The molecule has 1 heterocycles. The molecule has 2 aliphatic rings. The number of fused-ring (bicyclic) bond motifs is 9. The third-order valence-electron chi connectivity index (χ3n) is 15.8. The van der Waals surface area contributed by atoms with Gasteiger partial charge in [-0.05, 0) is 132 Å². The van der Waals surface area contributed by atoms with Gasteiger partial charge in [-0.2, -0.15) is 0 Å². The SMILES string of the molecule is CC1(C)c2ccccc2-c2ccc(N(c3cccc(-c4ccc(-c5ccc6c(c5)-c5ccccc5C6(c5ccccc5)c5ccccc5)cc4)c3)c3cccc(-c4cccc5c4oc4ccccc45)c3)cc21. The number of para-hydroxylation sites is 2. The fraction of sp³-hybridized carbons (Fsp3) is 0.0571. The van der Waals surface area contributed by atoms with Crippen LogP contribution in [0.2, 0.25) is 0 Å². The topological polar surface area (TPSA) is 16.4 Å². The third kappa shape index (κ3) is 6.35. The Kier molecular flexibility index (Phi) is 9.50. The number of nitrogens with zero attached hydrogens (tertiary/aromatic N) is 1. The fourth-order valence-electron chi connectivity index (χ4n) is 12.4. The molecule has 2 nitrogen and oxygen atoms in total. The van der Waals surface area contributed by atoms with Crippen molar-refractivity contribution in [3.05, 3.63) is 294 Å². The van der Waals surface area contributed by atoms with Crippen molar-refractivity contribution in [2.45, 2.75) is 24.7 Å². The molecule has 0 amide bonds. The molecule has 0 saturated heterocycles. The predicted molar refractivity (Wildman–Crippen MR) is 300 cm³/mol. The lowest BCUT2D eigenvalue weighted by Gasteiger charge is -2.33. The van der Waals surface area contributed by atoms with Gasteiger partial charge in [0.1, 0.15) is 11.2 Å². The van der Waals surface area contributed by atoms with Crippen molar-refractivity contribution in [2.75, 3.05) is 4.90 Å². The summed E-state index contributed by atoms with van der Waals surface area (Å²) in [5.74, 6) is 0. The monoisotopic (exact) mass is 919 g/mol. The molecule has 0 fully saturated rings. The first-order chi connectivity index (χ1) is 35.4. The molecule has 14 rings (SSSR count). The molecule has 0 bridgehead atoms. The molecule has 2 heteroatoms. The molecule has 72 heavy (non-hydrogen) atoms. The van der Waals surface area contributed by atoms with Crippen molar-refractivity contribution >= 4 is 39.0 Å². The molecule has 0 saturated carbocycles. The van der Waals surface area contributed by atoms with E-state index in [1.165, 1.54) is 66.8 Å². The largest absolute Gasteiger partial charge is 0.455 e. The molecule has 0 aliphatic heterocycles. The summed E-state index contributed by atoms with van der Waals surface area (Å²) in [5.41, 5.74) is 24.5. The maximum absolute atomic E-state index is 6.57. The van der Waals surface area contributed by atoms with Crippen LogP contribution in [0.15, 0.2) is 265 Å². The molecule has 340 valence electrons. The Balaban J connectivity index is 0.859. The molecular formula is C70H49NO. The molecule has 1 aromatic heterocycles. The second-order valence-corrected chi connectivity index (χ2v) is 20.0. The van der Waals surface area contributed by atoms with Crippen LogP contribution in [0.3, 0.4) is 0 Å². The zero-order chi connectivity index (χ0) is 48.0. The highest BCUT2D eigenvalue weighted by molar-refractivity contribution is 6.09. The summed E-state index contributed by atoms with van der Waals surface area (Å²) >= 11 is 0. The molecule has 12 aromatic rings. The van der Waals surface area contributed by atoms with Gasteiger partial charge in [0.2, 0.25) is 0 Å². The Bertz CT molecular complexity index is 4030. The highest BCUT2D eigenvalue weighted by Gasteiger charge is 2.46. The molecule has 2 aliphatic carbocycles. The lowest BCUT2D eigenvalue weighted by Crippen LogP contribution is -2.28. The molecular weight excluding hydrogens is 871 g/mol. The number of furan rings is 1. The molecule has 11 aromatic carbocycles. The van der Waals surface area contributed by atoms with Crippen molar-refractivity contribution in [3.63, 3.8) is 0 Å². The second kappa shape index (κ2) is 16.3. The van der Waals surface area contributed by atoms with Gasteiger partial charge in [0.15, 0.2) is 0 Å². The van der Waals surface area contributed by atoms with E-state index < -0.39 is 5.41 Å². The third-order valence-corrected chi connectivity index (χ3v) is 15.8. The van der Waals surface area contributed by atoms with Crippen LogP contribution < -0.4 is 4.90 Å². The van der Waals surface area contributed by atoms with Crippen LogP contribution >= 0.6 is 0 Å². The maximum Gasteiger partial charge on any atom is 0.143 e. The van der Waals surface area contributed by atoms with E-state index in [9.17, 15) is 0 Å². The number of hydrogen-bond donors (Lipinski definition) is 0. The zero-order valence-electron chi connectivity index (χ0n) is 40.2. The van der Waals surface area contributed by atoms with E-state index in [-0.39, 0.29) is 5.41 Å². The van der Waals surface area contributed by atoms with Gasteiger partial charge in [-0.3, -0.25) is 0 Å². The first kappa shape index (κ1) is 41.9. The molecule has 0 unspecified atom stereocenters. The van der Waals surface area contributed by atoms with Crippen molar-refractivity contribution in [1.82, 2.24) is 0 Å². The number of benzene rings is 11. The van der Waals surface area contributed by atoms with E-state index >= 15 is 0 Å². The van der Waals surface area contributed by atoms with Crippen molar-refractivity contribution in [3.8, 4) is 55.6 Å². The minimum Gasteiger partial charge on any atom is -0.455 e. The van der Waals surface area contributed by atoms with Crippen LogP contribution in [0.4, 0.5) is 17.1 Å². The quantitative estimate of drug-likeness (QED) is 0.151. The number of anilines is 3. The Morgan fingerprint density at radius 2 is 0.806 bits per heavy atom. The normalized spacial score (nSPS) is 13.6. The first-order valence-corrected chi connectivity index (χ1v) is 25.1. The molecule has 0 N–H and O–H groups in total. The Labute approximate surface area is 420 Å². The van der Waals surface area contributed by atoms with Gasteiger partial charge in [0, 0.05) is 38.8 Å². The smallest absolute Gasteiger partial charge is 0.143 e. The minimum atomic E-state index is -0.416. The molecule has 0 radical (unpaired) electrons. The van der Waals surface area contributed by atoms with E-state index in [0.717, 1.165) is 61.3 Å². The Hall–Kier alpha value is -8.98. The summed E-state index contributed by atoms with van der Waals surface area (Å²) in [7, 11) is 0. The van der Waals surface area contributed by atoms with Crippen LogP contribution in [0, 0.1) is 0 Å². The van der Waals surface area contributed by atoms with E-state index in [0.29, 0.717) is 0 Å². The summed E-state index contributed by atoms with van der Waals surface area (Å²) < 4.78 is 6.57. The summed E-state index contributed by atoms with van der Waals surface area (Å²) in [6, 6.07) is 95.9. The minimum absolute atomic E-state index is 0.148.